The minimum atomic E-state index is -0.676. The predicted molar refractivity (Wildman–Crippen MR) is 72.6 cm³/mol. The van der Waals surface area contributed by atoms with E-state index in [2.05, 4.69) is 0 Å². The fourth-order valence-electron chi connectivity index (χ4n) is 1.72. The number of carbonyl (C=O) groups excluding carboxylic acids is 1. The third-order valence-corrected chi connectivity index (χ3v) is 3.15. The van der Waals surface area contributed by atoms with E-state index < -0.39 is 28.1 Å². The summed E-state index contributed by atoms with van der Waals surface area (Å²) in [4.78, 5) is 12.1. The largest absolute Gasteiger partial charge is 0.508 e. The molecule has 0 unspecified atom stereocenters. The van der Waals surface area contributed by atoms with Crippen LogP contribution in [0.25, 0.3) is 0 Å². The molecule has 0 aliphatic heterocycles. The molecule has 2 aromatic carbocycles. The topological polar surface area (TPSA) is 98.0 Å². The second-order valence-corrected chi connectivity index (χ2v) is 4.60. The summed E-state index contributed by atoms with van der Waals surface area (Å²) in [6, 6.07) is 6.95. The summed E-state index contributed by atoms with van der Waals surface area (Å²) in [6.07, 6.45) is -0.0472. The number of hydrogen-bond acceptors (Lipinski definition) is 5. The van der Waals surface area contributed by atoms with Gasteiger partial charge < -0.3 is 20.4 Å². The van der Waals surface area contributed by atoms with Crippen molar-refractivity contribution in [3.63, 3.8) is 0 Å². The first kappa shape index (κ1) is 14.0. The number of phenols is 4. The first-order valence-electron chi connectivity index (χ1n) is 5.64. The van der Waals surface area contributed by atoms with Crippen LogP contribution in [0.5, 0.6) is 23.0 Å². The molecule has 5 nitrogen and oxygen atoms in total. The van der Waals surface area contributed by atoms with Gasteiger partial charge in [0.15, 0.2) is 17.3 Å². The van der Waals surface area contributed by atoms with Crippen molar-refractivity contribution in [3.8, 4) is 23.0 Å². The van der Waals surface area contributed by atoms with Crippen LogP contribution in [-0.4, -0.2) is 26.2 Å². The summed E-state index contributed by atoms with van der Waals surface area (Å²) in [5, 5.41) is 37.2. The number of ketones is 1. The van der Waals surface area contributed by atoms with E-state index in [-0.39, 0.29) is 17.7 Å². The molecule has 104 valence electrons. The van der Waals surface area contributed by atoms with E-state index in [1.165, 1.54) is 12.1 Å². The van der Waals surface area contributed by atoms with Crippen LogP contribution in [0.15, 0.2) is 30.3 Å². The lowest BCUT2D eigenvalue weighted by Gasteiger charge is -2.08. The maximum absolute atomic E-state index is 12.1. The van der Waals surface area contributed by atoms with Gasteiger partial charge in [0.25, 0.3) is 0 Å². The summed E-state index contributed by atoms with van der Waals surface area (Å²) in [5.41, 5.74) is 0.439. The third kappa shape index (κ3) is 2.62. The first-order chi connectivity index (χ1) is 9.40. The highest BCUT2D eigenvalue weighted by Crippen LogP contribution is 2.42. The van der Waals surface area contributed by atoms with E-state index >= 15 is 0 Å². The Hall–Kier alpha value is -2.40. The van der Waals surface area contributed by atoms with E-state index in [9.17, 15) is 20.1 Å². The monoisotopic (exact) mass is 294 g/mol. The van der Waals surface area contributed by atoms with Gasteiger partial charge in [-0.3, -0.25) is 4.79 Å². The number of rotatable bonds is 3. The van der Waals surface area contributed by atoms with Crippen LogP contribution >= 0.6 is 11.6 Å². The molecule has 20 heavy (non-hydrogen) atoms. The zero-order valence-electron chi connectivity index (χ0n) is 10.2. The van der Waals surface area contributed by atoms with Gasteiger partial charge in [0.1, 0.15) is 16.5 Å². The van der Waals surface area contributed by atoms with Crippen molar-refractivity contribution in [2.45, 2.75) is 6.42 Å². The molecule has 0 radical (unpaired) electrons. The van der Waals surface area contributed by atoms with E-state index in [4.69, 9.17) is 16.7 Å². The van der Waals surface area contributed by atoms with Gasteiger partial charge in [-0.05, 0) is 23.8 Å². The van der Waals surface area contributed by atoms with Crippen molar-refractivity contribution in [2.75, 3.05) is 0 Å². The molecule has 2 aromatic rings. The average Bonchev–Trinajstić information content (AvgIpc) is 2.43. The lowest BCUT2D eigenvalue weighted by Crippen LogP contribution is -2.04. The number of hydrogen-bond donors (Lipinski definition) is 4. The molecule has 0 saturated carbocycles. The van der Waals surface area contributed by atoms with Crippen LogP contribution in [-0.2, 0) is 6.42 Å². The highest BCUT2D eigenvalue weighted by atomic mass is 35.5. The van der Waals surface area contributed by atoms with Crippen LogP contribution in [0.1, 0.15) is 15.9 Å². The number of carbonyl (C=O) groups is 1. The Balaban J connectivity index is 2.32. The lowest BCUT2D eigenvalue weighted by atomic mass is 10.0. The van der Waals surface area contributed by atoms with E-state index in [0.29, 0.717) is 5.56 Å². The van der Waals surface area contributed by atoms with Crippen LogP contribution < -0.4 is 0 Å². The van der Waals surface area contributed by atoms with Crippen LogP contribution in [0.4, 0.5) is 0 Å². The molecule has 4 N–H and O–H groups in total. The zero-order chi connectivity index (χ0) is 14.9. The van der Waals surface area contributed by atoms with E-state index in [1.807, 2.05) is 0 Å². The SMILES string of the molecule is O=C(Cc1ccc(O)cc1)c1cc(O)c(O)c(Cl)c1O. The normalized spacial score (nSPS) is 10.4. The van der Waals surface area contributed by atoms with Gasteiger partial charge in [-0.2, -0.15) is 0 Å². The molecule has 0 bridgehead atoms. The molecule has 0 amide bonds. The Morgan fingerprint density at radius 2 is 1.60 bits per heavy atom. The van der Waals surface area contributed by atoms with Gasteiger partial charge in [-0.25, -0.2) is 0 Å². The highest BCUT2D eigenvalue weighted by Gasteiger charge is 2.20. The minimum Gasteiger partial charge on any atom is -0.508 e. The summed E-state index contributed by atoms with van der Waals surface area (Å²) in [6.45, 7) is 0. The number of aromatic hydroxyl groups is 4. The van der Waals surface area contributed by atoms with Gasteiger partial charge >= 0.3 is 0 Å². The first-order valence-corrected chi connectivity index (χ1v) is 6.02. The maximum atomic E-state index is 12.1. The summed E-state index contributed by atoms with van der Waals surface area (Å²) >= 11 is 5.61. The van der Waals surface area contributed by atoms with Crippen molar-refractivity contribution in [3.05, 3.63) is 46.5 Å². The second-order valence-electron chi connectivity index (χ2n) is 4.22. The summed E-state index contributed by atoms with van der Waals surface area (Å²) < 4.78 is 0. The Morgan fingerprint density at radius 1 is 1.00 bits per heavy atom. The van der Waals surface area contributed by atoms with Gasteiger partial charge in [0.05, 0.1) is 5.56 Å². The van der Waals surface area contributed by atoms with Gasteiger partial charge in [0, 0.05) is 6.42 Å². The molecule has 0 heterocycles. The van der Waals surface area contributed by atoms with Crippen LogP contribution in [0, 0.1) is 0 Å². The summed E-state index contributed by atoms with van der Waals surface area (Å²) in [7, 11) is 0. The maximum Gasteiger partial charge on any atom is 0.180 e. The Kier molecular flexibility index (Phi) is 3.72. The number of benzene rings is 2. The van der Waals surface area contributed by atoms with E-state index in [0.717, 1.165) is 6.07 Å². The molecule has 0 atom stereocenters. The minimum absolute atomic E-state index is 0.0472. The fourth-order valence-corrected chi connectivity index (χ4v) is 1.92. The van der Waals surface area contributed by atoms with Gasteiger partial charge in [-0.15, -0.1) is 0 Å². The Bertz CT molecular complexity index is 664. The molecular weight excluding hydrogens is 284 g/mol. The predicted octanol–water partition coefficient (Wildman–Crippen LogP) is 2.59. The molecule has 0 spiro atoms. The molecular formula is C14H11ClO5. The Morgan fingerprint density at radius 3 is 2.20 bits per heavy atom. The Labute approximate surface area is 119 Å². The lowest BCUT2D eigenvalue weighted by molar-refractivity contribution is 0.0990. The molecule has 0 saturated heterocycles. The zero-order valence-corrected chi connectivity index (χ0v) is 10.9. The van der Waals surface area contributed by atoms with Crippen molar-refractivity contribution < 1.29 is 25.2 Å². The molecule has 0 aliphatic rings. The summed E-state index contributed by atoms with van der Waals surface area (Å²) in [5.74, 6) is -2.24. The number of phenolic OH excluding ortho intramolecular Hbond substituents is 4. The number of halogens is 1. The standard InChI is InChI=1S/C14H11ClO5/c15-12-13(19)9(6-11(18)14(12)20)10(17)5-7-1-3-8(16)4-2-7/h1-4,6,16,18-20H,5H2. The fraction of sp³-hybridized carbons (Fsp3) is 0.0714. The molecule has 0 aliphatic carbocycles. The van der Waals surface area contributed by atoms with Crippen molar-refractivity contribution in [2.24, 2.45) is 0 Å². The van der Waals surface area contributed by atoms with Gasteiger partial charge in [0.2, 0.25) is 0 Å². The average molecular weight is 295 g/mol. The van der Waals surface area contributed by atoms with Crippen molar-refractivity contribution >= 4 is 17.4 Å². The second kappa shape index (κ2) is 5.30. The number of Topliss-reactive ketones (excluding diaryl/α,β-unsaturated/α-hetero) is 1. The van der Waals surface area contributed by atoms with Gasteiger partial charge in [-0.1, -0.05) is 23.7 Å². The molecule has 6 heteroatoms. The quantitative estimate of drug-likeness (QED) is 0.396. The highest BCUT2D eigenvalue weighted by molar-refractivity contribution is 6.34. The van der Waals surface area contributed by atoms with Crippen molar-refractivity contribution in [1.82, 2.24) is 0 Å². The van der Waals surface area contributed by atoms with Crippen LogP contribution in [0.3, 0.4) is 0 Å². The van der Waals surface area contributed by atoms with E-state index in [1.54, 1.807) is 12.1 Å². The molecule has 0 fully saturated rings. The van der Waals surface area contributed by atoms with Crippen LogP contribution in [0.2, 0.25) is 5.02 Å². The third-order valence-electron chi connectivity index (χ3n) is 2.80. The molecule has 2 rings (SSSR count). The molecule has 0 aromatic heterocycles. The van der Waals surface area contributed by atoms with Crippen molar-refractivity contribution in [1.29, 1.82) is 0 Å². The smallest absolute Gasteiger partial charge is 0.180 e.